The minimum Gasteiger partial charge on any atom is -0.396 e. The lowest BCUT2D eigenvalue weighted by atomic mass is 10.1. The predicted octanol–water partition coefficient (Wildman–Crippen LogP) is 1.45. The van der Waals surface area contributed by atoms with Crippen LogP contribution < -0.4 is 0 Å². The third kappa shape index (κ3) is 4.01. The maximum atomic E-state index is 12.7. The largest absolute Gasteiger partial charge is 0.396 e. The number of aromatic nitrogens is 3. The number of ether oxygens (including phenoxy) is 1. The molecule has 144 valence electrons. The Kier molecular flexibility index (Phi) is 5.45. The number of carbonyl (C=O) groups is 1. The molecule has 2 aliphatic rings. The maximum absolute atomic E-state index is 12.7. The van der Waals surface area contributed by atoms with Crippen molar-refractivity contribution in [2.24, 2.45) is 5.92 Å². The van der Waals surface area contributed by atoms with E-state index in [1.165, 1.54) is 0 Å². The first-order chi connectivity index (χ1) is 13.2. The molecule has 3 atom stereocenters. The summed E-state index contributed by atoms with van der Waals surface area (Å²) in [5.41, 5.74) is 0.808. The molecule has 27 heavy (non-hydrogen) atoms. The number of amides is 1. The van der Waals surface area contributed by atoms with Gasteiger partial charge in [0.1, 0.15) is 0 Å². The lowest BCUT2D eigenvalue weighted by Gasteiger charge is -2.37. The molecule has 1 aliphatic heterocycles. The monoisotopic (exact) mass is 372 g/mol. The molecule has 0 radical (unpaired) electrons. The Hall–Kier alpha value is -2.32. The molecule has 4 rings (SSSR count). The molecular weight excluding hydrogens is 348 g/mol. The fourth-order valence-electron chi connectivity index (χ4n) is 4.01. The van der Waals surface area contributed by atoms with E-state index in [-0.39, 0.29) is 30.6 Å². The fraction of sp³-hybridized carbons (Fsp3) is 0.579. The molecule has 1 amide bonds. The Bertz CT molecular complexity index is 766. The highest BCUT2D eigenvalue weighted by Crippen LogP contribution is 2.34. The van der Waals surface area contributed by atoms with Gasteiger partial charge in [-0.3, -0.25) is 9.78 Å². The lowest BCUT2D eigenvalue weighted by Crippen LogP contribution is -2.51. The van der Waals surface area contributed by atoms with Crippen LogP contribution in [0.2, 0.25) is 0 Å². The van der Waals surface area contributed by atoms with Crippen LogP contribution in [0.25, 0.3) is 11.4 Å². The molecule has 1 aliphatic carbocycles. The minimum atomic E-state index is 0.0674. The number of hydrogen-bond donors (Lipinski definition) is 1. The standard InChI is InChI=1S/C19H24N4O4/c24-12-13-9-15-16(10-13)26-8-7-23(15)18(25)5-1-4-17-21-19(22-27-17)14-3-2-6-20-11-14/h2-3,6,11,13,15-16,24H,1,4-5,7-10,12H2/t13-,15+,16+/m1/s1. The van der Waals surface area contributed by atoms with Crippen molar-refractivity contribution in [2.45, 2.75) is 44.2 Å². The van der Waals surface area contributed by atoms with Crippen LogP contribution in [-0.4, -0.2) is 62.9 Å². The van der Waals surface area contributed by atoms with E-state index in [0.29, 0.717) is 44.1 Å². The number of nitrogens with zero attached hydrogens (tertiary/aromatic N) is 4. The molecule has 0 spiro atoms. The fourth-order valence-corrected chi connectivity index (χ4v) is 4.01. The number of rotatable bonds is 6. The van der Waals surface area contributed by atoms with Gasteiger partial charge in [0.2, 0.25) is 17.6 Å². The van der Waals surface area contributed by atoms with Gasteiger partial charge in [-0.25, -0.2) is 0 Å². The van der Waals surface area contributed by atoms with Crippen LogP contribution in [0.1, 0.15) is 31.6 Å². The second-order valence-electron chi connectivity index (χ2n) is 7.19. The summed E-state index contributed by atoms with van der Waals surface area (Å²) in [6.45, 7) is 1.36. The average Bonchev–Trinajstić information content (AvgIpc) is 3.35. The Morgan fingerprint density at radius 1 is 1.37 bits per heavy atom. The second-order valence-corrected chi connectivity index (χ2v) is 7.19. The number of fused-ring (bicyclic) bond motifs is 1. The van der Waals surface area contributed by atoms with Crippen LogP contribution in [0.3, 0.4) is 0 Å². The van der Waals surface area contributed by atoms with Gasteiger partial charge in [0.15, 0.2) is 0 Å². The molecule has 0 unspecified atom stereocenters. The summed E-state index contributed by atoms with van der Waals surface area (Å²) >= 11 is 0. The number of aliphatic hydroxyl groups is 1. The van der Waals surface area contributed by atoms with Gasteiger partial charge in [-0.2, -0.15) is 4.98 Å². The summed E-state index contributed by atoms with van der Waals surface area (Å²) in [6, 6.07) is 3.80. The Labute approximate surface area is 157 Å². The quantitative estimate of drug-likeness (QED) is 0.819. The van der Waals surface area contributed by atoms with Gasteiger partial charge in [-0.05, 0) is 37.3 Å². The topological polar surface area (TPSA) is 102 Å². The predicted molar refractivity (Wildman–Crippen MR) is 95.5 cm³/mol. The van der Waals surface area contributed by atoms with Crippen molar-refractivity contribution in [3.63, 3.8) is 0 Å². The highest BCUT2D eigenvalue weighted by Gasteiger charge is 2.42. The van der Waals surface area contributed by atoms with Crippen LogP contribution in [0.4, 0.5) is 0 Å². The van der Waals surface area contributed by atoms with Crippen LogP contribution in [0.5, 0.6) is 0 Å². The summed E-state index contributed by atoms with van der Waals surface area (Å²) in [4.78, 5) is 23.0. The summed E-state index contributed by atoms with van der Waals surface area (Å²) in [5, 5.41) is 13.4. The molecule has 3 heterocycles. The zero-order valence-electron chi connectivity index (χ0n) is 15.2. The van der Waals surface area contributed by atoms with Gasteiger partial charge in [-0.15, -0.1) is 0 Å². The molecule has 2 aromatic heterocycles. The van der Waals surface area contributed by atoms with Crippen molar-refractivity contribution < 1.29 is 19.2 Å². The number of carbonyl (C=O) groups excluding carboxylic acids is 1. The molecule has 0 bridgehead atoms. The van der Waals surface area contributed by atoms with Gasteiger partial charge in [0, 0.05) is 44.0 Å². The van der Waals surface area contributed by atoms with Gasteiger partial charge >= 0.3 is 0 Å². The van der Waals surface area contributed by atoms with Gasteiger partial charge in [0.05, 0.1) is 18.8 Å². The van der Waals surface area contributed by atoms with E-state index in [2.05, 4.69) is 15.1 Å². The number of pyridine rings is 1. The van der Waals surface area contributed by atoms with Crippen molar-refractivity contribution in [2.75, 3.05) is 19.8 Å². The minimum absolute atomic E-state index is 0.0674. The summed E-state index contributed by atoms with van der Waals surface area (Å²) in [7, 11) is 0. The highest BCUT2D eigenvalue weighted by molar-refractivity contribution is 5.76. The molecule has 1 saturated carbocycles. The SMILES string of the molecule is O=C(CCCc1nc(-c2cccnc2)no1)N1CCO[C@H]2C[C@H](CO)C[C@@H]21. The number of morpholine rings is 1. The van der Waals surface area contributed by atoms with Crippen LogP contribution in [0.15, 0.2) is 29.0 Å². The summed E-state index contributed by atoms with van der Waals surface area (Å²) in [6.07, 6.45) is 6.78. The first-order valence-electron chi connectivity index (χ1n) is 9.49. The smallest absolute Gasteiger partial charge is 0.226 e. The third-order valence-electron chi connectivity index (χ3n) is 5.38. The van der Waals surface area contributed by atoms with Crippen LogP contribution in [-0.2, 0) is 16.0 Å². The van der Waals surface area contributed by atoms with Crippen molar-refractivity contribution in [1.29, 1.82) is 0 Å². The van der Waals surface area contributed by atoms with E-state index in [1.807, 2.05) is 17.0 Å². The number of aryl methyl sites for hydroxylation is 1. The van der Waals surface area contributed by atoms with Crippen molar-refractivity contribution in [3.05, 3.63) is 30.4 Å². The van der Waals surface area contributed by atoms with E-state index in [9.17, 15) is 9.90 Å². The van der Waals surface area contributed by atoms with Gasteiger partial charge < -0.3 is 19.3 Å². The third-order valence-corrected chi connectivity index (χ3v) is 5.38. The second kappa shape index (κ2) is 8.14. The Morgan fingerprint density at radius 2 is 2.30 bits per heavy atom. The van der Waals surface area contributed by atoms with E-state index in [1.54, 1.807) is 12.4 Å². The van der Waals surface area contributed by atoms with E-state index in [0.717, 1.165) is 18.4 Å². The zero-order chi connectivity index (χ0) is 18.6. The van der Waals surface area contributed by atoms with E-state index < -0.39 is 0 Å². The molecular formula is C19H24N4O4. The molecule has 2 fully saturated rings. The molecule has 0 aromatic carbocycles. The van der Waals surface area contributed by atoms with Gasteiger partial charge in [0.25, 0.3) is 0 Å². The zero-order valence-corrected chi connectivity index (χ0v) is 15.2. The number of aliphatic hydroxyl groups excluding tert-OH is 1. The molecule has 2 aromatic rings. The summed E-state index contributed by atoms with van der Waals surface area (Å²) in [5.74, 6) is 1.42. The van der Waals surface area contributed by atoms with Crippen LogP contribution >= 0.6 is 0 Å². The number of hydrogen-bond acceptors (Lipinski definition) is 7. The Morgan fingerprint density at radius 3 is 3.11 bits per heavy atom. The van der Waals surface area contributed by atoms with E-state index >= 15 is 0 Å². The van der Waals surface area contributed by atoms with Gasteiger partial charge in [-0.1, -0.05) is 5.16 Å². The molecule has 8 heteroatoms. The molecule has 8 nitrogen and oxygen atoms in total. The first-order valence-corrected chi connectivity index (χ1v) is 9.49. The molecule has 1 saturated heterocycles. The maximum Gasteiger partial charge on any atom is 0.226 e. The van der Waals surface area contributed by atoms with Crippen molar-refractivity contribution in [1.82, 2.24) is 20.0 Å². The van der Waals surface area contributed by atoms with Crippen molar-refractivity contribution in [3.8, 4) is 11.4 Å². The highest BCUT2D eigenvalue weighted by atomic mass is 16.5. The van der Waals surface area contributed by atoms with E-state index in [4.69, 9.17) is 9.26 Å². The van der Waals surface area contributed by atoms with Crippen molar-refractivity contribution >= 4 is 5.91 Å². The first kappa shape index (κ1) is 18.1. The Balaban J connectivity index is 1.29. The lowest BCUT2D eigenvalue weighted by molar-refractivity contribution is -0.144. The van der Waals surface area contributed by atoms with Crippen LogP contribution in [0, 0.1) is 5.92 Å². The summed E-state index contributed by atoms with van der Waals surface area (Å²) < 4.78 is 11.1. The average molecular weight is 372 g/mol. The molecule has 1 N–H and O–H groups in total. The normalized spacial score (nSPS) is 24.8.